The van der Waals surface area contributed by atoms with Gasteiger partial charge < -0.3 is 10.4 Å². The van der Waals surface area contributed by atoms with Crippen LogP contribution < -0.4 is 5.32 Å². The van der Waals surface area contributed by atoms with E-state index in [4.69, 9.17) is 0 Å². The fourth-order valence-corrected chi connectivity index (χ4v) is 2.24. The Labute approximate surface area is 123 Å². The molecular formula is C17H18FNO2. The number of rotatable bonds is 5. The summed E-state index contributed by atoms with van der Waals surface area (Å²) in [5.41, 5.74) is 1.16. The van der Waals surface area contributed by atoms with E-state index in [2.05, 4.69) is 5.32 Å². The highest BCUT2D eigenvalue weighted by atomic mass is 19.1. The van der Waals surface area contributed by atoms with Crippen LogP contribution in [0.15, 0.2) is 48.5 Å². The van der Waals surface area contributed by atoms with Crippen molar-refractivity contribution in [2.45, 2.75) is 25.8 Å². The maximum atomic E-state index is 13.3. The minimum Gasteiger partial charge on any atom is -0.480 e. The van der Waals surface area contributed by atoms with E-state index in [-0.39, 0.29) is 12.2 Å². The van der Waals surface area contributed by atoms with Gasteiger partial charge in [-0.3, -0.25) is 0 Å². The number of carbonyl (C=O) groups is 1. The number of aryl methyl sites for hydroxylation is 1. The Morgan fingerprint density at radius 2 is 1.95 bits per heavy atom. The number of halogens is 1. The summed E-state index contributed by atoms with van der Waals surface area (Å²) in [4.78, 5) is 11.7. The molecular weight excluding hydrogens is 269 g/mol. The van der Waals surface area contributed by atoms with Crippen molar-refractivity contribution in [2.24, 2.45) is 0 Å². The zero-order chi connectivity index (χ0) is 15.5. The standard InChI is InChI=1S/C17H18FNO2/c1-12-6-3-4-9-15(12)19-17(2,16(20)21)11-13-7-5-8-14(18)10-13/h3-10,19H,11H2,1-2H3,(H,20,21). The van der Waals surface area contributed by atoms with Crippen molar-refractivity contribution in [3.63, 3.8) is 0 Å². The molecule has 2 aromatic rings. The van der Waals surface area contributed by atoms with Crippen LogP contribution >= 0.6 is 0 Å². The minimum atomic E-state index is -1.21. The summed E-state index contributed by atoms with van der Waals surface area (Å²) < 4.78 is 13.3. The van der Waals surface area contributed by atoms with Crippen molar-refractivity contribution >= 4 is 11.7 Å². The predicted molar refractivity (Wildman–Crippen MR) is 80.9 cm³/mol. The van der Waals surface area contributed by atoms with Gasteiger partial charge in [0.05, 0.1) is 0 Å². The van der Waals surface area contributed by atoms with Crippen LogP contribution in [-0.2, 0) is 11.2 Å². The van der Waals surface area contributed by atoms with E-state index in [1.807, 2.05) is 31.2 Å². The first kappa shape index (κ1) is 15.0. The molecule has 0 aliphatic rings. The molecule has 0 heterocycles. The van der Waals surface area contributed by atoms with Gasteiger partial charge in [0.15, 0.2) is 0 Å². The molecule has 0 amide bonds. The third-order valence-corrected chi connectivity index (χ3v) is 3.47. The van der Waals surface area contributed by atoms with Crippen molar-refractivity contribution < 1.29 is 14.3 Å². The van der Waals surface area contributed by atoms with Gasteiger partial charge in [-0.25, -0.2) is 9.18 Å². The zero-order valence-corrected chi connectivity index (χ0v) is 12.1. The lowest BCUT2D eigenvalue weighted by molar-refractivity contribution is -0.141. The number of aliphatic carboxylic acids is 1. The molecule has 0 aromatic heterocycles. The SMILES string of the molecule is Cc1ccccc1NC(C)(Cc1cccc(F)c1)C(=O)O. The van der Waals surface area contributed by atoms with Gasteiger partial charge >= 0.3 is 5.97 Å². The van der Waals surface area contributed by atoms with E-state index in [1.165, 1.54) is 12.1 Å². The second kappa shape index (κ2) is 5.95. The molecule has 0 aliphatic carbocycles. The minimum absolute atomic E-state index is 0.189. The average molecular weight is 287 g/mol. The van der Waals surface area contributed by atoms with E-state index in [9.17, 15) is 14.3 Å². The number of benzene rings is 2. The molecule has 0 fully saturated rings. The second-order valence-electron chi connectivity index (χ2n) is 5.38. The summed E-state index contributed by atoms with van der Waals surface area (Å²) in [6.45, 7) is 3.51. The summed E-state index contributed by atoms with van der Waals surface area (Å²) in [5, 5.41) is 12.6. The Balaban J connectivity index is 2.29. The molecule has 0 bridgehead atoms. The summed E-state index contributed by atoms with van der Waals surface area (Å²) in [7, 11) is 0. The van der Waals surface area contributed by atoms with E-state index in [0.29, 0.717) is 5.56 Å². The van der Waals surface area contributed by atoms with Gasteiger partial charge in [-0.2, -0.15) is 0 Å². The summed E-state index contributed by atoms with van der Waals surface area (Å²) in [5.74, 6) is -1.34. The Morgan fingerprint density at radius 3 is 2.57 bits per heavy atom. The van der Waals surface area contributed by atoms with Crippen LogP contribution in [0.2, 0.25) is 0 Å². The fraction of sp³-hybridized carbons (Fsp3) is 0.235. The first-order chi connectivity index (χ1) is 9.90. The van der Waals surface area contributed by atoms with Crippen LogP contribution in [0.5, 0.6) is 0 Å². The number of hydrogen-bond acceptors (Lipinski definition) is 2. The highest BCUT2D eigenvalue weighted by molar-refractivity contribution is 5.83. The largest absolute Gasteiger partial charge is 0.480 e. The monoisotopic (exact) mass is 287 g/mol. The second-order valence-corrected chi connectivity index (χ2v) is 5.38. The molecule has 0 aliphatic heterocycles. The molecule has 0 saturated carbocycles. The van der Waals surface area contributed by atoms with Crippen molar-refractivity contribution in [3.8, 4) is 0 Å². The van der Waals surface area contributed by atoms with Crippen molar-refractivity contribution in [3.05, 3.63) is 65.5 Å². The van der Waals surface area contributed by atoms with Gasteiger partial charge in [-0.15, -0.1) is 0 Å². The molecule has 2 N–H and O–H groups in total. The lowest BCUT2D eigenvalue weighted by atomic mass is 9.92. The maximum Gasteiger partial charge on any atom is 0.329 e. The molecule has 110 valence electrons. The third kappa shape index (κ3) is 3.60. The molecule has 0 radical (unpaired) electrons. The smallest absolute Gasteiger partial charge is 0.329 e. The van der Waals surface area contributed by atoms with Crippen LogP contribution in [0.3, 0.4) is 0 Å². The normalized spacial score (nSPS) is 13.5. The zero-order valence-electron chi connectivity index (χ0n) is 12.1. The molecule has 4 heteroatoms. The number of carboxylic acid groups (broad SMARTS) is 1. The Morgan fingerprint density at radius 1 is 1.24 bits per heavy atom. The van der Waals surface area contributed by atoms with Crippen molar-refractivity contribution in [1.29, 1.82) is 0 Å². The third-order valence-electron chi connectivity index (χ3n) is 3.47. The number of carboxylic acids is 1. The highest BCUT2D eigenvalue weighted by Gasteiger charge is 2.33. The lowest BCUT2D eigenvalue weighted by Gasteiger charge is -2.28. The first-order valence-electron chi connectivity index (χ1n) is 6.72. The van der Waals surface area contributed by atoms with Gasteiger partial charge in [0.1, 0.15) is 11.4 Å². The topological polar surface area (TPSA) is 49.3 Å². The Hall–Kier alpha value is -2.36. The quantitative estimate of drug-likeness (QED) is 0.883. The average Bonchev–Trinajstić information content (AvgIpc) is 2.41. The Kier molecular flexibility index (Phi) is 4.26. The van der Waals surface area contributed by atoms with E-state index in [1.54, 1.807) is 19.1 Å². The predicted octanol–water partition coefficient (Wildman–Crippen LogP) is 3.63. The molecule has 0 spiro atoms. The number of nitrogens with one attached hydrogen (secondary N) is 1. The molecule has 2 aromatic carbocycles. The van der Waals surface area contributed by atoms with Crippen molar-refractivity contribution in [1.82, 2.24) is 0 Å². The summed E-state index contributed by atoms with van der Waals surface area (Å²) in [6.07, 6.45) is 0.189. The van der Waals surface area contributed by atoms with Gasteiger partial charge in [0, 0.05) is 12.1 Å². The summed E-state index contributed by atoms with van der Waals surface area (Å²) in [6, 6.07) is 13.5. The number of hydrogen-bond donors (Lipinski definition) is 2. The van der Waals surface area contributed by atoms with Crippen LogP contribution in [0.4, 0.5) is 10.1 Å². The van der Waals surface area contributed by atoms with Crippen LogP contribution in [0.25, 0.3) is 0 Å². The van der Waals surface area contributed by atoms with Crippen LogP contribution in [0.1, 0.15) is 18.1 Å². The maximum absolute atomic E-state index is 13.3. The van der Waals surface area contributed by atoms with Gasteiger partial charge in [-0.05, 0) is 43.2 Å². The van der Waals surface area contributed by atoms with Gasteiger partial charge in [0.25, 0.3) is 0 Å². The van der Waals surface area contributed by atoms with Crippen LogP contribution in [-0.4, -0.2) is 16.6 Å². The van der Waals surface area contributed by atoms with E-state index in [0.717, 1.165) is 11.3 Å². The summed E-state index contributed by atoms with van der Waals surface area (Å²) >= 11 is 0. The van der Waals surface area contributed by atoms with Gasteiger partial charge in [-0.1, -0.05) is 30.3 Å². The Bertz CT molecular complexity index is 657. The molecule has 21 heavy (non-hydrogen) atoms. The first-order valence-corrected chi connectivity index (χ1v) is 6.72. The van der Waals surface area contributed by atoms with E-state index >= 15 is 0 Å². The lowest BCUT2D eigenvalue weighted by Crippen LogP contribution is -2.45. The highest BCUT2D eigenvalue weighted by Crippen LogP contribution is 2.23. The molecule has 1 atom stereocenters. The molecule has 2 rings (SSSR count). The van der Waals surface area contributed by atoms with Crippen molar-refractivity contribution in [2.75, 3.05) is 5.32 Å². The molecule has 3 nitrogen and oxygen atoms in total. The van der Waals surface area contributed by atoms with Crippen LogP contribution in [0, 0.1) is 12.7 Å². The number of anilines is 1. The fourth-order valence-electron chi connectivity index (χ4n) is 2.24. The molecule has 0 saturated heterocycles. The van der Waals surface area contributed by atoms with E-state index < -0.39 is 11.5 Å². The molecule has 1 unspecified atom stereocenters. The number of para-hydroxylation sites is 1. The van der Waals surface area contributed by atoms with Gasteiger partial charge in [0.2, 0.25) is 0 Å².